The van der Waals surface area contributed by atoms with Gasteiger partial charge in [0.15, 0.2) is 0 Å². The number of rotatable bonds is 2. The maximum absolute atomic E-state index is 14.1. The molecule has 4 heteroatoms. The molecule has 0 unspecified atom stereocenters. The summed E-state index contributed by atoms with van der Waals surface area (Å²) in [6, 6.07) is 6.36. The maximum atomic E-state index is 14.1. The Hall–Kier alpha value is -1.84. The van der Waals surface area contributed by atoms with Crippen molar-refractivity contribution >= 4 is 18.1 Å². The van der Waals surface area contributed by atoms with Crippen LogP contribution in [-0.4, -0.2) is 18.0 Å². The highest BCUT2D eigenvalue weighted by Gasteiger charge is 2.42. The first-order valence-electron chi connectivity index (χ1n) is 6.71. The molecule has 1 aliphatic rings. The van der Waals surface area contributed by atoms with Crippen LogP contribution in [0.4, 0.5) is 8.78 Å². The van der Waals surface area contributed by atoms with Gasteiger partial charge >= 0.3 is 5.92 Å². The molecule has 2 rings (SSSR count). The largest absolute Gasteiger partial charge is 0.326 e. The summed E-state index contributed by atoms with van der Waals surface area (Å²) in [5.74, 6) is -4.36. The highest BCUT2D eigenvalue weighted by molar-refractivity contribution is 5.90. The van der Waals surface area contributed by atoms with Crippen molar-refractivity contribution in [3.8, 4) is 0 Å². The van der Waals surface area contributed by atoms with E-state index < -0.39 is 11.7 Å². The van der Waals surface area contributed by atoms with Crippen LogP contribution in [0, 0.1) is 0 Å². The highest BCUT2D eigenvalue weighted by atomic mass is 19.3. The van der Waals surface area contributed by atoms with Gasteiger partial charge in [0.2, 0.25) is 5.78 Å². The van der Waals surface area contributed by atoms with Gasteiger partial charge in [-0.3, -0.25) is 9.59 Å². The van der Waals surface area contributed by atoms with Gasteiger partial charge < -0.3 is 0 Å². The van der Waals surface area contributed by atoms with E-state index in [1.165, 1.54) is 6.08 Å². The number of aldehydes is 1. The fraction of sp³-hybridized carbons (Fsp3) is 0.375. The van der Waals surface area contributed by atoms with Crippen LogP contribution in [0.1, 0.15) is 48.0 Å². The first-order chi connectivity index (χ1) is 9.54. The standard InChI is InChI=1S/C16H16F2O2/c17-16(18)14(4-2-1-3-5-15(16)20)10-12-6-8-13(11-19)9-7-12/h6-11H,1-5H2. The number of carbonyl (C=O) groups excluding carboxylic acids is 2. The molecular formula is C16H16F2O2. The van der Waals surface area contributed by atoms with Crippen molar-refractivity contribution in [3.63, 3.8) is 0 Å². The number of hydrogen-bond donors (Lipinski definition) is 0. The lowest BCUT2D eigenvalue weighted by Gasteiger charge is -2.21. The molecule has 20 heavy (non-hydrogen) atoms. The first-order valence-corrected chi connectivity index (χ1v) is 6.71. The van der Waals surface area contributed by atoms with E-state index in [1.807, 2.05) is 0 Å². The Morgan fingerprint density at radius 2 is 1.55 bits per heavy atom. The zero-order valence-corrected chi connectivity index (χ0v) is 11.1. The van der Waals surface area contributed by atoms with Gasteiger partial charge in [-0.2, -0.15) is 8.78 Å². The average molecular weight is 278 g/mol. The number of Topliss-reactive ketones (excluding diaryl/α,β-unsaturated/α-hetero) is 1. The third-order valence-electron chi connectivity index (χ3n) is 3.52. The van der Waals surface area contributed by atoms with Gasteiger partial charge in [0.25, 0.3) is 0 Å². The number of ketones is 1. The van der Waals surface area contributed by atoms with Gasteiger partial charge in [-0.15, -0.1) is 0 Å². The molecule has 0 heterocycles. The Balaban J connectivity index is 2.31. The second kappa shape index (κ2) is 6.07. The Labute approximate surface area is 116 Å². The summed E-state index contributed by atoms with van der Waals surface area (Å²) in [5.41, 5.74) is 0.951. The molecule has 1 saturated carbocycles. The number of allylic oxidation sites excluding steroid dienone is 1. The zero-order valence-electron chi connectivity index (χ0n) is 11.1. The molecule has 0 radical (unpaired) electrons. The second-order valence-corrected chi connectivity index (χ2v) is 5.01. The topological polar surface area (TPSA) is 34.1 Å². The fourth-order valence-corrected chi connectivity index (χ4v) is 2.31. The van der Waals surface area contributed by atoms with E-state index in [-0.39, 0.29) is 18.4 Å². The molecule has 0 bridgehead atoms. The van der Waals surface area contributed by atoms with Crippen molar-refractivity contribution in [2.24, 2.45) is 0 Å². The van der Waals surface area contributed by atoms with E-state index in [0.717, 1.165) is 6.42 Å². The van der Waals surface area contributed by atoms with Gasteiger partial charge in [0.05, 0.1) is 0 Å². The van der Waals surface area contributed by atoms with Crippen LogP contribution in [0.15, 0.2) is 29.8 Å². The molecule has 0 spiro atoms. The van der Waals surface area contributed by atoms with E-state index in [9.17, 15) is 18.4 Å². The molecule has 0 aromatic heterocycles. The summed E-state index contributed by atoms with van der Waals surface area (Å²) in [6.07, 6.45) is 4.24. The molecule has 1 aromatic carbocycles. The third kappa shape index (κ3) is 3.18. The molecule has 0 amide bonds. The summed E-state index contributed by atoms with van der Waals surface area (Å²) in [6.45, 7) is 0. The molecule has 0 aliphatic heterocycles. The van der Waals surface area contributed by atoms with Crippen LogP contribution in [-0.2, 0) is 4.79 Å². The van der Waals surface area contributed by atoms with Gasteiger partial charge in [-0.1, -0.05) is 30.7 Å². The van der Waals surface area contributed by atoms with Gasteiger partial charge in [-0.05, 0) is 30.9 Å². The number of hydrogen-bond acceptors (Lipinski definition) is 2. The number of halogens is 2. The molecule has 0 atom stereocenters. The van der Waals surface area contributed by atoms with Crippen molar-refractivity contribution in [3.05, 3.63) is 41.0 Å². The summed E-state index contributed by atoms with van der Waals surface area (Å²) in [5, 5.41) is 0. The average Bonchev–Trinajstić information content (AvgIpc) is 2.45. The predicted molar refractivity (Wildman–Crippen MR) is 72.8 cm³/mol. The minimum Gasteiger partial charge on any atom is -0.298 e. The molecule has 106 valence electrons. The maximum Gasteiger partial charge on any atom is 0.326 e. The lowest BCUT2D eigenvalue weighted by atomic mass is 9.90. The fourth-order valence-electron chi connectivity index (χ4n) is 2.31. The van der Waals surface area contributed by atoms with Crippen molar-refractivity contribution < 1.29 is 18.4 Å². The Morgan fingerprint density at radius 3 is 2.20 bits per heavy atom. The van der Waals surface area contributed by atoms with Crippen molar-refractivity contribution in [2.45, 2.75) is 38.0 Å². The van der Waals surface area contributed by atoms with E-state index >= 15 is 0 Å². The smallest absolute Gasteiger partial charge is 0.298 e. The molecule has 1 fully saturated rings. The van der Waals surface area contributed by atoms with Crippen LogP contribution in [0.3, 0.4) is 0 Å². The van der Waals surface area contributed by atoms with E-state index in [4.69, 9.17) is 0 Å². The summed E-state index contributed by atoms with van der Waals surface area (Å²) in [4.78, 5) is 22.1. The molecular weight excluding hydrogens is 262 g/mol. The number of carbonyl (C=O) groups is 2. The summed E-state index contributed by atoms with van der Waals surface area (Å²) < 4.78 is 28.1. The third-order valence-corrected chi connectivity index (χ3v) is 3.52. The molecule has 2 nitrogen and oxygen atoms in total. The van der Waals surface area contributed by atoms with Gasteiger partial charge in [0.1, 0.15) is 6.29 Å². The monoisotopic (exact) mass is 278 g/mol. The van der Waals surface area contributed by atoms with E-state index in [0.29, 0.717) is 30.3 Å². The normalized spacial score (nSPS) is 21.3. The van der Waals surface area contributed by atoms with Crippen LogP contribution < -0.4 is 0 Å². The lowest BCUT2D eigenvalue weighted by molar-refractivity contribution is -0.138. The second-order valence-electron chi connectivity index (χ2n) is 5.01. The van der Waals surface area contributed by atoms with Gasteiger partial charge in [-0.25, -0.2) is 0 Å². The molecule has 0 saturated heterocycles. The number of benzene rings is 1. The Kier molecular flexibility index (Phi) is 4.42. The summed E-state index contributed by atoms with van der Waals surface area (Å²) >= 11 is 0. The van der Waals surface area contributed by atoms with Crippen LogP contribution in [0.25, 0.3) is 6.08 Å². The molecule has 1 aliphatic carbocycles. The number of alkyl halides is 2. The first kappa shape index (κ1) is 14.6. The molecule has 1 aromatic rings. The lowest BCUT2D eigenvalue weighted by Crippen LogP contribution is -2.32. The van der Waals surface area contributed by atoms with Crippen molar-refractivity contribution in [1.82, 2.24) is 0 Å². The van der Waals surface area contributed by atoms with E-state index in [1.54, 1.807) is 24.3 Å². The SMILES string of the molecule is O=Cc1ccc(C=C2CCCCCC(=O)C2(F)F)cc1. The molecule has 0 N–H and O–H groups in total. The Morgan fingerprint density at radius 1 is 0.950 bits per heavy atom. The zero-order chi connectivity index (χ0) is 14.6. The van der Waals surface area contributed by atoms with Crippen molar-refractivity contribution in [2.75, 3.05) is 0 Å². The van der Waals surface area contributed by atoms with Crippen LogP contribution in [0.5, 0.6) is 0 Å². The summed E-state index contributed by atoms with van der Waals surface area (Å²) in [7, 11) is 0. The van der Waals surface area contributed by atoms with Crippen molar-refractivity contribution in [1.29, 1.82) is 0 Å². The quantitative estimate of drug-likeness (QED) is 0.765. The van der Waals surface area contributed by atoms with Crippen LogP contribution in [0.2, 0.25) is 0 Å². The predicted octanol–water partition coefficient (Wildman–Crippen LogP) is 4.05. The minimum atomic E-state index is -3.37. The Bertz CT molecular complexity index is 530. The minimum absolute atomic E-state index is 0.0611. The van der Waals surface area contributed by atoms with Crippen LogP contribution >= 0.6 is 0 Å². The highest BCUT2D eigenvalue weighted by Crippen LogP contribution is 2.34. The van der Waals surface area contributed by atoms with Gasteiger partial charge in [0, 0.05) is 17.6 Å². The van der Waals surface area contributed by atoms with E-state index in [2.05, 4.69) is 0 Å².